The second-order valence-corrected chi connectivity index (χ2v) is 7.28. The van der Waals surface area contributed by atoms with Gasteiger partial charge in [-0.2, -0.15) is 0 Å². The molecule has 0 spiro atoms. The molecule has 7 nitrogen and oxygen atoms in total. The number of carbonyl (C=O) groups is 2. The molecular weight excluding hydrogens is 331 g/mol. The Labute approximate surface area is 136 Å². The third kappa shape index (κ3) is 2.95. The summed E-state index contributed by atoms with van der Waals surface area (Å²) in [7, 11) is 0. The molecule has 9 heteroatoms. The number of hydrogen-bond acceptors (Lipinski definition) is 8. The number of esters is 2. The summed E-state index contributed by atoms with van der Waals surface area (Å²) in [5, 5.41) is 9.11. The van der Waals surface area contributed by atoms with Crippen LogP contribution in [0.2, 0.25) is 0 Å². The number of unbranched alkanes of at least 4 members (excludes halogenated alkanes) is 1. The summed E-state index contributed by atoms with van der Waals surface area (Å²) < 4.78 is 29.6. The number of fused-ring (bicyclic) bond motifs is 1. The monoisotopic (exact) mass is 350 g/mol. The van der Waals surface area contributed by atoms with E-state index in [0.717, 1.165) is 6.42 Å². The van der Waals surface area contributed by atoms with Crippen LogP contribution < -0.4 is 0 Å². The average molecular weight is 350 g/mol. The summed E-state index contributed by atoms with van der Waals surface area (Å²) in [5.41, 5.74) is 0. The van der Waals surface area contributed by atoms with E-state index in [1.54, 1.807) is 0 Å². The van der Waals surface area contributed by atoms with Crippen molar-refractivity contribution in [1.29, 1.82) is 0 Å². The van der Waals surface area contributed by atoms with Crippen LogP contribution in [0.3, 0.4) is 0 Å². The molecule has 1 heterocycles. The van der Waals surface area contributed by atoms with Crippen molar-refractivity contribution in [2.24, 2.45) is 17.8 Å². The molecule has 3 aliphatic rings. The van der Waals surface area contributed by atoms with E-state index in [1.807, 2.05) is 6.92 Å². The summed E-state index contributed by atoms with van der Waals surface area (Å²) >= 11 is 0.0739. The van der Waals surface area contributed by atoms with E-state index < -0.39 is 23.2 Å². The van der Waals surface area contributed by atoms with E-state index in [0.29, 0.717) is 19.3 Å². The minimum atomic E-state index is -2.48. The second kappa shape index (κ2) is 6.54. The molecule has 1 saturated heterocycles. The van der Waals surface area contributed by atoms with Crippen LogP contribution in [-0.4, -0.2) is 34.4 Å². The first-order valence-corrected chi connectivity index (χ1v) is 8.50. The van der Waals surface area contributed by atoms with Crippen LogP contribution in [0.5, 0.6) is 0 Å². The van der Waals surface area contributed by atoms with Gasteiger partial charge in [0.05, 0.1) is 18.0 Å². The van der Waals surface area contributed by atoms with Gasteiger partial charge in [0.2, 0.25) is 0 Å². The maximum atomic E-state index is 14.8. The van der Waals surface area contributed by atoms with E-state index >= 15 is 0 Å². The summed E-state index contributed by atoms with van der Waals surface area (Å²) in [6.07, 6.45) is 1.28. The molecule has 0 aromatic rings. The predicted molar refractivity (Wildman–Crippen MR) is 75.2 cm³/mol. The first-order valence-electron chi connectivity index (χ1n) is 7.76. The van der Waals surface area contributed by atoms with Gasteiger partial charge in [-0.15, -0.1) is 4.33 Å². The molecular formula is C14H19FO7S. The number of rotatable bonds is 8. The Morgan fingerprint density at radius 3 is 3.00 bits per heavy atom. The van der Waals surface area contributed by atoms with Crippen molar-refractivity contribution >= 4 is 24.0 Å². The van der Waals surface area contributed by atoms with Crippen molar-refractivity contribution in [3.63, 3.8) is 0 Å². The summed E-state index contributed by atoms with van der Waals surface area (Å²) in [6.45, 7) is 1.86. The fourth-order valence-corrected chi connectivity index (χ4v) is 4.41. The van der Waals surface area contributed by atoms with Crippen LogP contribution in [0.15, 0.2) is 0 Å². The molecule has 6 atom stereocenters. The van der Waals surface area contributed by atoms with Gasteiger partial charge < -0.3 is 9.47 Å². The zero-order valence-corrected chi connectivity index (χ0v) is 13.4. The maximum Gasteiger partial charge on any atom is 0.357 e. The number of alkyl halides is 1. The molecule has 23 heavy (non-hydrogen) atoms. The van der Waals surface area contributed by atoms with Gasteiger partial charge in [-0.1, -0.05) is 18.4 Å². The first-order chi connectivity index (χ1) is 11.0. The van der Waals surface area contributed by atoms with E-state index in [9.17, 15) is 14.0 Å². The molecule has 2 aliphatic carbocycles. The molecule has 6 unspecified atom stereocenters. The van der Waals surface area contributed by atoms with Crippen LogP contribution in [0.1, 0.15) is 39.0 Å². The van der Waals surface area contributed by atoms with E-state index in [-0.39, 0.29) is 42.2 Å². The highest BCUT2D eigenvalue weighted by molar-refractivity contribution is 7.96. The zero-order chi connectivity index (χ0) is 16.6. The summed E-state index contributed by atoms with van der Waals surface area (Å²) in [5.74, 6) is -1.34. The van der Waals surface area contributed by atoms with Crippen molar-refractivity contribution < 1.29 is 38.1 Å². The minimum Gasteiger partial charge on any atom is -0.458 e. The smallest absolute Gasteiger partial charge is 0.357 e. The zero-order valence-electron chi connectivity index (χ0n) is 12.6. The Balaban J connectivity index is 1.66. The molecule has 1 aliphatic heterocycles. The molecule has 130 valence electrons. The van der Waals surface area contributed by atoms with Gasteiger partial charge in [0.25, 0.3) is 5.00 Å². The molecule has 2 bridgehead atoms. The molecule has 3 rings (SSSR count). The molecule has 3 fully saturated rings. The fourth-order valence-electron chi connectivity index (χ4n) is 3.93. The van der Waals surface area contributed by atoms with Gasteiger partial charge in [-0.25, -0.2) is 14.4 Å². The highest BCUT2D eigenvalue weighted by atomic mass is 32.2. The standard InChI is InChI=1S/C14H19FO7S/c1-2-3-4-14(15,23-22-21-18)13(17)20-10-7-5-8-9(6-7)12(16)19-11(8)10/h7-11,18H,2-6H2,1H3. The molecule has 1 N–H and O–H groups in total. The van der Waals surface area contributed by atoms with Gasteiger partial charge >= 0.3 is 11.9 Å². The summed E-state index contributed by atoms with van der Waals surface area (Å²) in [4.78, 5) is 24.0. The van der Waals surface area contributed by atoms with Gasteiger partial charge in [0.1, 0.15) is 12.2 Å². The normalized spacial score (nSPS) is 36.8. The Hall–Kier alpha value is -0.900. The third-order valence-electron chi connectivity index (χ3n) is 5.01. The largest absolute Gasteiger partial charge is 0.458 e. The van der Waals surface area contributed by atoms with Crippen molar-refractivity contribution in [3.05, 3.63) is 0 Å². The van der Waals surface area contributed by atoms with Crippen molar-refractivity contribution in [1.82, 2.24) is 0 Å². The number of halogens is 1. The van der Waals surface area contributed by atoms with Gasteiger partial charge in [0, 0.05) is 18.3 Å². The predicted octanol–water partition coefficient (Wildman–Crippen LogP) is 2.41. The van der Waals surface area contributed by atoms with Crippen molar-refractivity contribution in [2.75, 3.05) is 0 Å². The highest BCUT2D eigenvalue weighted by Crippen LogP contribution is 2.55. The Morgan fingerprint density at radius 2 is 2.30 bits per heavy atom. The maximum absolute atomic E-state index is 14.8. The molecule has 0 amide bonds. The Kier molecular flexibility index (Phi) is 4.82. The van der Waals surface area contributed by atoms with Crippen molar-refractivity contribution in [2.45, 2.75) is 56.2 Å². The van der Waals surface area contributed by atoms with Crippen LogP contribution in [-0.2, 0) is 28.4 Å². The Bertz CT molecular complexity index is 480. The molecule has 2 saturated carbocycles. The lowest BCUT2D eigenvalue weighted by atomic mass is 9.88. The van der Waals surface area contributed by atoms with Crippen LogP contribution >= 0.6 is 12.0 Å². The topological polar surface area (TPSA) is 91.3 Å². The van der Waals surface area contributed by atoms with Gasteiger partial charge in [0.15, 0.2) is 0 Å². The van der Waals surface area contributed by atoms with E-state index in [4.69, 9.17) is 14.7 Å². The number of hydrogen-bond donors (Lipinski definition) is 1. The van der Waals surface area contributed by atoms with Gasteiger partial charge in [-0.3, -0.25) is 4.79 Å². The lowest BCUT2D eigenvalue weighted by Crippen LogP contribution is -2.41. The van der Waals surface area contributed by atoms with Crippen LogP contribution in [0.25, 0.3) is 0 Å². The molecule has 0 radical (unpaired) electrons. The second-order valence-electron chi connectivity index (χ2n) is 6.33. The molecule has 0 aromatic heterocycles. The minimum absolute atomic E-state index is 0.0286. The lowest BCUT2D eigenvalue weighted by Gasteiger charge is -2.28. The number of carbonyl (C=O) groups excluding carboxylic acids is 2. The molecule has 0 aromatic carbocycles. The fraction of sp³-hybridized carbons (Fsp3) is 0.857. The highest BCUT2D eigenvalue weighted by Gasteiger charge is 2.64. The van der Waals surface area contributed by atoms with Crippen LogP contribution in [0.4, 0.5) is 4.39 Å². The third-order valence-corrected chi connectivity index (χ3v) is 5.77. The van der Waals surface area contributed by atoms with E-state index in [2.05, 4.69) is 9.37 Å². The summed E-state index contributed by atoms with van der Waals surface area (Å²) in [6, 6.07) is 0. The number of ether oxygens (including phenoxy) is 2. The lowest BCUT2D eigenvalue weighted by molar-refractivity contribution is -0.432. The van der Waals surface area contributed by atoms with Crippen molar-refractivity contribution in [3.8, 4) is 0 Å². The average Bonchev–Trinajstić information content (AvgIpc) is 3.15. The van der Waals surface area contributed by atoms with Gasteiger partial charge in [-0.05, 0) is 19.3 Å². The van der Waals surface area contributed by atoms with Crippen LogP contribution in [0, 0.1) is 17.8 Å². The van der Waals surface area contributed by atoms with E-state index in [1.165, 1.54) is 0 Å². The Morgan fingerprint density at radius 1 is 1.52 bits per heavy atom. The first kappa shape index (κ1) is 16.9. The SMILES string of the molecule is CCCCC(F)(SOOO)C(=O)OC1C2CC3C(=O)OC1C3C2. The quantitative estimate of drug-likeness (QED) is 0.309.